The number of nitrogens with two attached hydrogens (primary N) is 1. The maximum absolute atomic E-state index is 5.75. The van der Waals surface area contributed by atoms with Crippen LogP contribution in [-0.4, -0.2) is 26.4 Å². The van der Waals surface area contributed by atoms with Crippen molar-refractivity contribution in [3.05, 3.63) is 18.2 Å². The molecule has 1 aromatic rings. The molecule has 0 spiro atoms. The topological polar surface area (TPSA) is 53.7 Å². The summed E-state index contributed by atoms with van der Waals surface area (Å²) in [6, 6.07) is 5.85. The van der Waals surface area contributed by atoms with Crippen molar-refractivity contribution < 1.29 is 14.2 Å². The van der Waals surface area contributed by atoms with Crippen LogP contribution < -0.4 is 19.9 Å². The molecule has 1 saturated carbocycles. The molecular formula is C12H17NO3. The number of rotatable bonds is 4. The third-order valence-corrected chi connectivity index (χ3v) is 2.79. The van der Waals surface area contributed by atoms with Crippen molar-refractivity contribution in [2.45, 2.75) is 25.0 Å². The van der Waals surface area contributed by atoms with E-state index in [0.29, 0.717) is 17.5 Å². The van der Waals surface area contributed by atoms with Gasteiger partial charge in [0.05, 0.1) is 14.2 Å². The van der Waals surface area contributed by atoms with Crippen LogP contribution >= 0.6 is 0 Å². The summed E-state index contributed by atoms with van der Waals surface area (Å²) in [5.74, 6) is 2.19. The molecule has 1 aliphatic carbocycles. The SMILES string of the molecule is COc1ccc(OC2CC(N)C2)cc1OC. The Morgan fingerprint density at radius 2 is 1.81 bits per heavy atom. The predicted molar refractivity (Wildman–Crippen MR) is 61.2 cm³/mol. The van der Waals surface area contributed by atoms with Gasteiger partial charge in [0.2, 0.25) is 0 Å². The Bertz CT molecular complexity index is 361. The highest BCUT2D eigenvalue weighted by atomic mass is 16.5. The molecule has 0 saturated heterocycles. The summed E-state index contributed by atoms with van der Waals surface area (Å²) in [4.78, 5) is 0. The van der Waals surface area contributed by atoms with Gasteiger partial charge in [-0.15, -0.1) is 0 Å². The number of hydrogen-bond donors (Lipinski definition) is 1. The highest BCUT2D eigenvalue weighted by Crippen LogP contribution is 2.33. The molecule has 0 aliphatic heterocycles. The summed E-state index contributed by atoms with van der Waals surface area (Å²) in [5.41, 5.74) is 5.70. The van der Waals surface area contributed by atoms with Crippen LogP contribution in [0, 0.1) is 0 Å². The van der Waals surface area contributed by atoms with Crippen molar-refractivity contribution in [3.63, 3.8) is 0 Å². The van der Waals surface area contributed by atoms with E-state index in [4.69, 9.17) is 19.9 Å². The predicted octanol–water partition coefficient (Wildman–Crippen LogP) is 1.57. The Kier molecular flexibility index (Phi) is 3.19. The molecule has 16 heavy (non-hydrogen) atoms. The second kappa shape index (κ2) is 4.61. The van der Waals surface area contributed by atoms with Crippen LogP contribution in [-0.2, 0) is 0 Å². The second-order valence-electron chi connectivity index (χ2n) is 3.99. The minimum atomic E-state index is 0.244. The zero-order valence-electron chi connectivity index (χ0n) is 9.60. The summed E-state index contributed by atoms with van der Waals surface area (Å²) >= 11 is 0. The number of methoxy groups -OCH3 is 2. The smallest absolute Gasteiger partial charge is 0.164 e. The highest BCUT2D eigenvalue weighted by molar-refractivity contribution is 5.45. The Morgan fingerprint density at radius 3 is 2.38 bits per heavy atom. The zero-order valence-corrected chi connectivity index (χ0v) is 9.60. The van der Waals surface area contributed by atoms with Crippen LogP contribution in [0.3, 0.4) is 0 Å². The van der Waals surface area contributed by atoms with Crippen LogP contribution in [0.5, 0.6) is 17.2 Å². The molecule has 1 fully saturated rings. The van der Waals surface area contributed by atoms with E-state index in [1.807, 2.05) is 18.2 Å². The normalized spacial score (nSPS) is 23.4. The molecule has 1 aliphatic rings. The van der Waals surface area contributed by atoms with Gasteiger partial charge in [0.1, 0.15) is 11.9 Å². The number of benzene rings is 1. The summed E-state index contributed by atoms with van der Waals surface area (Å²) < 4.78 is 16.1. The molecule has 1 aromatic carbocycles. The Hall–Kier alpha value is -1.42. The summed E-state index contributed by atoms with van der Waals surface area (Å²) in [5, 5.41) is 0. The zero-order chi connectivity index (χ0) is 11.5. The van der Waals surface area contributed by atoms with Crippen molar-refractivity contribution in [2.24, 2.45) is 5.73 Å². The van der Waals surface area contributed by atoms with E-state index in [0.717, 1.165) is 18.6 Å². The average molecular weight is 223 g/mol. The lowest BCUT2D eigenvalue weighted by Gasteiger charge is -2.32. The molecule has 2 N–H and O–H groups in total. The quantitative estimate of drug-likeness (QED) is 0.841. The fraction of sp³-hybridized carbons (Fsp3) is 0.500. The Morgan fingerprint density at radius 1 is 1.12 bits per heavy atom. The fourth-order valence-electron chi connectivity index (χ4n) is 1.78. The molecule has 0 heterocycles. The second-order valence-corrected chi connectivity index (χ2v) is 3.99. The Balaban J connectivity index is 2.04. The van der Waals surface area contributed by atoms with E-state index in [1.165, 1.54) is 0 Å². The van der Waals surface area contributed by atoms with Gasteiger partial charge in [0.25, 0.3) is 0 Å². The number of hydrogen-bond acceptors (Lipinski definition) is 4. The van der Waals surface area contributed by atoms with Crippen molar-refractivity contribution in [3.8, 4) is 17.2 Å². The molecule has 0 bridgehead atoms. The van der Waals surface area contributed by atoms with E-state index in [-0.39, 0.29) is 6.10 Å². The first kappa shape index (κ1) is 11.1. The largest absolute Gasteiger partial charge is 0.493 e. The van der Waals surface area contributed by atoms with E-state index < -0.39 is 0 Å². The van der Waals surface area contributed by atoms with Crippen LogP contribution in [0.2, 0.25) is 0 Å². The molecule has 0 atom stereocenters. The van der Waals surface area contributed by atoms with E-state index >= 15 is 0 Å². The van der Waals surface area contributed by atoms with Gasteiger partial charge in [-0.25, -0.2) is 0 Å². The minimum absolute atomic E-state index is 0.244. The van der Waals surface area contributed by atoms with Gasteiger partial charge in [-0.05, 0) is 25.0 Å². The summed E-state index contributed by atoms with van der Waals surface area (Å²) in [7, 11) is 3.23. The van der Waals surface area contributed by atoms with Crippen LogP contribution in [0.4, 0.5) is 0 Å². The van der Waals surface area contributed by atoms with Gasteiger partial charge < -0.3 is 19.9 Å². The maximum atomic E-state index is 5.75. The summed E-state index contributed by atoms with van der Waals surface area (Å²) in [6.45, 7) is 0. The van der Waals surface area contributed by atoms with Crippen molar-refractivity contribution in [2.75, 3.05) is 14.2 Å². The lowest BCUT2D eigenvalue weighted by molar-refractivity contribution is 0.100. The summed E-state index contributed by atoms with van der Waals surface area (Å²) in [6.07, 6.45) is 2.09. The van der Waals surface area contributed by atoms with Crippen molar-refractivity contribution in [1.82, 2.24) is 0 Å². The third-order valence-electron chi connectivity index (χ3n) is 2.79. The van der Waals surface area contributed by atoms with Gasteiger partial charge in [-0.3, -0.25) is 0 Å². The molecule has 0 amide bonds. The third kappa shape index (κ3) is 2.22. The van der Waals surface area contributed by atoms with Gasteiger partial charge in [0.15, 0.2) is 11.5 Å². The van der Waals surface area contributed by atoms with Crippen molar-refractivity contribution >= 4 is 0 Å². The average Bonchev–Trinajstić information content (AvgIpc) is 2.27. The number of ether oxygens (including phenoxy) is 3. The van der Waals surface area contributed by atoms with E-state index in [2.05, 4.69) is 0 Å². The first-order chi connectivity index (χ1) is 7.72. The molecule has 0 aromatic heterocycles. The molecule has 0 unspecified atom stereocenters. The fourth-order valence-corrected chi connectivity index (χ4v) is 1.78. The van der Waals surface area contributed by atoms with Crippen LogP contribution in [0.15, 0.2) is 18.2 Å². The van der Waals surface area contributed by atoms with Gasteiger partial charge in [0, 0.05) is 12.1 Å². The molecule has 4 heteroatoms. The molecule has 2 rings (SSSR count). The highest BCUT2D eigenvalue weighted by Gasteiger charge is 2.27. The monoisotopic (exact) mass is 223 g/mol. The molecule has 88 valence electrons. The van der Waals surface area contributed by atoms with Crippen molar-refractivity contribution in [1.29, 1.82) is 0 Å². The van der Waals surface area contributed by atoms with Crippen LogP contribution in [0.1, 0.15) is 12.8 Å². The maximum Gasteiger partial charge on any atom is 0.164 e. The lowest BCUT2D eigenvalue weighted by atomic mass is 9.90. The van der Waals surface area contributed by atoms with Gasteiger partial charge in [-0.2, -0.15) is 0 Å². The first-order valence-corrected chi connectivity index (χ1v) is 5.37. The van der Waals surface area contributed by atoms with E-state index in [1.54, 1.807) is 14.2 Å². The van der Waals surface area contributed by atoms with Gasteiger partial charge >= 0.3 is 0 Å². The lowest BCUT2D eigenvalue weighted by Crippen LogP contribution is -2.43. The van der Waals surface area contributed by atoms with Gasteiger partial charge in [-0.1, -0.05) is 0 Å². The van der Waals surface area contributed by atoms with E-state index in [9.17, 15) is 0 Å². The molecular weight excluding hydrogens is 206 g/mol. The minimum Gasteiger partial charge on any atom is -0.493 e. The Labute approximate surface area is 95.3 Å². The first-order valence-electron chi connectivity index (χ1n) is 5.37. The molecule has 4 nitrogen and oxygen atoms in total. The van der Waals surface area contributed by atoms with Crippen LogP contribution in [0.25, 0.3) is 0 Å². The molecule has 0 radical (unpaired) electrons. The standard InChI is InChI=1S/C12H17NO3/c1-14-11-4-3-9(7-12(11)15-2)16-10-5-8(13)6-10/h3-4,7-8,10H,5-6,13H2,1-2H3.